The lowest BCUT2D eigenvalue weighted by molar-refractivity contribution is -0.122. The summed E-state index contributed by atoms with van der Waals surface area (Å²) in [5, 5.41) is 7.35. The molecule has 1 aliphatic rings. The van der Waals surface area contributed by atoms with Crippen LogP contribution < -0.4 is 5.32 Å². The minimum Gasteiger partial charge on any atom is -0.352 e. The van der Waals surface area contributed by atoms with Gasteiger partial charge in [-0.25, -0.2) is 0 Å². The molecule has 0 saturated heterocycles. The number of carbonyl (C=O) groups is 1. The number of rotatable bonds is 5. The van der Waals surface area contributed by atoms with Gasteiger partial charge < -0.3 is 5.32 Å². The third-order valence-electron chi connectivity index (χ3n) is 4.31. The maximum absolute atomic E-state index is 12.2. The molecule has 0 unspecified atom stereocenters. The normalized spacial score (nSPS) is 20.3. The molecule has 3 rings (SSSR count). The first kappa shape index (κ1) is 13.9. The summed E-state index contributed by atoms with van der Waals surface area (Å²) in [6, 6.07) is 10.3. The monoisotopic (exact) mass is 283 g/mol. The molecule has 21 heavy (non-hydrogen) atoms. The van der Waals surface area contributed by atoms with Crippen molar-refractivity contribution in [3.8, 4) is 0 Å². The van der Waals surface area contributed by atoms with Crippen molar-refractivity contribution < 1.29 is 4.79 Å². The van der Waals surface area contributed by atoms with Crippen LogP contribution in [0.2, 0.25) is 0 Å². The van der Waals surface area contributed by atoms with Crippen molar-refractivity contribution in [2.24, 2.45) is 5.92 Å². The van der Waals surface area contributed by atoms with Crippen molar-refractivity contribution in [1.82, 2.24) is 15.1 Å². The van der Waals surface area contributed by atoms with E-state index in [0.29, 0.717) is 12.5 Å². The molecule has 0 radical (unpaired) electrons. The second kappa shape index (κ2) is 5.72. The van der Waals surface area contributed by atoms with Gasteiger partial charge in [-0.15, -0.1) is 0 Å². The second-order valence-corrected chi connectivity index (χ2v) is 5.65. The van der Waals surface area contributed by atoms with Crippen LogP contribution in [0, 0.1) is 12.8 Å². The van der Waals surface area contributed by atoms with E-state index in [4.69, 9.17) is 0 Å². The number of benzene rings is 1. The van der Waals surface area contributed by atoms with E-state index in [1.165, 1.54) is 5.56 Å². The average Bonchev–Trinajstić information content (AvgIpc) is 3.24. The number of hydrogen-bond donors (Lipinski definition) is 1. The highest BCUT2D eigenvalue weighted by Gasteiger charge is 2.43. The Morgan fingerprint density at radius 2 is 2.14 bits per heavy atom. The van der Waals surface area contributed by atoms with Crippen molar-refractivity contribution in [3.63, 3.8) is 0 Å². The Labute approximate surface area is 125 Å². The van der Waals surface area contributed by atoms with E-state index in [9.17, 15) is 4.79 Å². The fraction of sp³-hybridized carbons (Fsp3) is 0.412. The van der Waals surface area contributed by atoms with E-state index < -0.39 is 0 Å². The predicted molar refractivity (Wildman–Crippen MR) is 81.8 cm³/mol. The fourth-order valence-corrected chi connectivity index (χ4v) is 2.84. The van der Waals surface area contributed by atoms with Crippen LogP contribution in [0.5, 0.6) is 0 Å². The van der Waals surface area contributed by atoms with Gasteiger partial charge in [-0.2, -0.15) is 5.10 Å². The van der Waals surface area contributed by atoms with E-state index >= 15 is 0 Å². The number of amides is 1. The molecule has 1 aromatic heterocycles. The Morgan fingerprint density at radius 1 is 1.38 bits per heavy atom. The van der Waals surface area contributed by atoms with Gasteiger partial charge in [-0.3, -0.25) is 9.48 Å². The molecular weight excluding hydrogens is 262 g/mol. The molecule has 4 heteroatoms. The average molecular weight is 283 g/mol. The highest BCUT2D eigenvalue weighted by atomic mass is 16.2. The molecular formula is C17H21N3O. The third-order valence-corrected chi connectivity index (χ3v) is 4.31. The van der Waals surface area contributed by atoms with Crippen LogP contribution in [-0.2, 0) is 17.9 Å². The van der Waals surface area contributed by atoms with Crippen LogP contribution in [0.4, 0.5) is 0 Å². The summed E-state index contributed by atoms with van der Waals surface area (Å²) in [5.41, 5.74) is 3.50. The molecule has 110 valence electrons. The fourth-order valence-electron chi connectivity index (χ4n) is 2.84. The lowest BCUT2D eigenvalue weighted by Gasteiger charge is -2.05. The molecule has 0 aliphatic heterocycles. The molecule has 0 spiro atoms. The van der Waals surface area contributed by atoms with Crippen LogP contribution in [0.3, 0.4) is 0 Å². The Hall–Kier alpha value is -2.10. The van der Waals surface area contributed by atoms with Crippen molar-refractivity contribution >= 4 is 5.91 Å². The number of hydrogen-bond acceptors (Lipinski definition) is 2. The molecule has 1 aliphatic carbocycles. The van der Waals surface area contributed by atoms with Crippen LogP contribution in [0.25, 0.3) is 0 Å². The second-order valence-electron chi connectivity index (χ2n) is 5.65. The Kier molecular flexibility index (Phi) is 3.78. The molecule has 1 saturated carbocycles. The third kappa shape index (κ3) is 2.84. The molecule has 1 N–H and O–H groups in total. The molecule has 0 bridgehead atoms. The van der Waals surface area contributed by atoms with E-state index in [-0.39, 0.29) is 11.8 Å². The zero-order chi connectivity index (χ0) is 14.8. The van der Waals surface area contributed by atoms with Crippen LogP contribution in [-0.4, -0.2) is 15.7 Å². The number of aromatic nitrogens is 2. The van der Waals surface area contributed by atoms with E-state index in [0.717, 1.165) is 24.2 Å². The van der Waals surface area contributed by atoms with Gasteiger partial charge in [0.15, 0.2) is 0 Å². The van der Waals surface area contributed by atoms with E-state index in [1.54, 1.807) is 0 Å². The van der Waals surface area contributed by atoms with Gasteiger partial charge in [-0.1, -0.05) is 30.3 Å². The first-order valence-electron chi connectivity index (χ1n) is 7.54. The smallest absolute Gasteiger partial charge is 0.224 e. The highest BCUT2D eigenvalue weighted by Crippen LogP contribution is 2.47. The maximum Gasteiger partial charge on any atom is 0.224 e. The standard InChI is InChI=1S/C17H21N3O/c1-3-20-12(2)14(11-19-20)10-18-17(21)16-9-15(16)13-7-5-4-6-8-13/h4-8,11,15-16H,3,9-10H2,1-2H3,(H,18,21)/t15-,16-/m0/s1. The summed E-state index contributed by atoms with van der Waals surface area (Å²) < 4.78 is 1.95. The van der Waals surface area contributed by atoms with Crippen molar-refractivity contribution in [2.75, 3.05) is 0 Å². The molecule has 1 fully saturated rings. The Balaban J connectivity index is 1.55. The van der Waals surface area contributed by atoms with E-state index in [1.807, 2.05) is 36.0 Å². The number of carbonyl (C=O) groups excluding carboxylic acids is 1. The SMILES string of the molecule is CCn1ncc(CNC(=O)[C@H]2C[C@H]2c2ccccc2)c1C. The quantitative estimate of drug-likeness (QED) is 0.917. The zero-order valence-corrected chi connectivity index (χ0v) is 12.5. The largest absolute Gasteiger partial charge is 0.352 e. The summed E-state index contributed by atoms with van der Waals surface area (Å²) in [7, 11) is 0. The minimum atomic E-state index is 0.133. The van der Waals surface area contributed by atoms with Crippen LogP contribution in [0.1, 0.15) is 36.1 Å². The lowest BCUT2D eigenvalue weighted by Crippen LogP contribution is -2.25. The summed E-state index contributed by atoms with van der Waals surface area (Å²) in [6.07, 6.45) is 2.81. The number of aryl methyl sites for hydroxylation is 1. The molecule has 1 aromatic carbocycles. The predicted octanol–water partition coefficient (Wildman–Crippen LogP) is 2.63. The summed E-state index contributed by atoms with van der Waals surface area (Å²) in [6.45, 7) is 5.54. The van der Waals surface area contributed by atoms with Crippen molar-refractivity contribution in [2.45, 2.75) is 39.3 Å². The van der Waals surface area contributed by atoms with E-state index in [2.05, 4.69) is 29.5 Å². The Bertz CT molecular complexity index is 633. The molecule has 1 amide bonds. The lowest BCUT2D eigenvalue weighted by atomic mass is 10.1. The number of nitrogens with zero attached hydrogens (tertiary/aromatic N) is 2. The number of nitrogens with one attached hydrogen (secondary N) is 1. The first-order chi connectivity index (χ1) is 10.2. The summed E-state index contributed by atoms with van der Waals surface area (Å²) in [5.74, 6) is 0.687. The van der Waals surface area contributed by atoms with Gasteiger partial charge in [0.05, 0.1) is 6.20 Å². The van der Waals surface area contributed by atoms with Crippen molar-refractivity contribution in [1.29, 1.82) is 0 Å². The summed E-state index contributed by atoms with van der Waals surface area (Å²) in [4.78, 5) is 12.2. The van der Waals surface area contributed by atoms with Gasteiger partial charge in [0.2, 0.25) is 5.91 Å². The maximum atomic E-state index is 12.2. The van der Waals surface area contributed by atoms with Crippen LogP contribution in [0.15, 0.2) is 36.5 Å². The molecule has 2 aromatic rings. The van der Waals surface area contributed by atoms with Crippen LogP contribution >= 0.6 is 0 Å². The van der Waals surface area contributed by atoms with Gasteiger partial charge in [-0.05, 0) is 31.7 Å². The minimum absolute atomic E-state index is 0.133. The summed E-state index contributed by atoms with van der Waals surface area (Å²) >= 11 is 0. The molecule has 4 nitrogen and oxygen atoms in total. The van der Waals surface area contributed by atoms with Gasteiger partial charge in [0, 0.05) is 30.3 Å². The molecule has 2 atom stereocenters. The Morgan fingerprint density at radius 3 is 2.81 bits per heavy atom. The molecule has 1 heterocycles. The van der Waals surface area contributed by atoms with Gasteiger partial charge in [0.25, 0.3) is 0 Å². The van der Waals surface area contributed by atoms with Gasteiger partial charge >= 0.3 is 0 Å². The topological polar surface area (TPSA) is 46.9 Å². The van der Waals surface area contributed by atoms with Crippen molar-refractivity contribution in [3.05, 3.63) is 53.3 Å². The zero-order valence-electron chi connectivity index (χ0n) is 12.5. The first-order valence-corrected chi connectivity index (χ1v) is 7.54. The van der Waals surface area contributed by atoms with Gasteiger partial charge in [0.1, 0.15) is 0 Å². The highest BCUT2D eigenvalue weighted by molar-refractivity contribution is 5.82.